The highest BCUT2D eigenvalue weighted by atomic mass is 35.5. The number of hydrogen-bond acceptors (Lipinski definition) is 3. The third kappa shape index (κ3) is 2.65. The molecule has 1 aromatic carbocycles. The monoisotopic (exact) mass is 306 g/mol. The Hall–Kier alpha value is -1.88. The zero-order chi connectivity index (χ0) is 15.2. The molecule has 3 rings (SSSR count). The molecule has 1 aromatic rings. The fraction of sp³-hybridized carbons (Fsp3) is 0.400. The van der Waals surface area contributed by atoms with Crippen LogP contribution in [-0.2, 0) is 9.59 Å². The Morgan fingerprint density at radius 1 is 1.24 bits per heavy atom. The van der Waals surface area contributed by atoms with Crippen LogP contribution < -0.4 is 5.32 Å². The lowest BCUT2D eigenvalue weighted by atomic mass is 9.94. The van der Waals surface area contributed by atoms with Crippen molar-refractivity contribution < 1.29 is 14.4 Å². The van der Waals surface area contributed by atoms with Gasteiger partial charge >= 0.3 is 6.03 Å². The van der Waals surface area contributed by atoms with E-state index in [0.717, 1.165) is 17.7 Å². The minimum Gasteiger partial charge on any atom is -0.277 e. The third-order valence-electron chi connectivity index (χ3n) is 4.10. The van der Waals surface area contributed by atoms with Gasteiger partial charge in [0.05, 0.1) is 0 Å². The van der Waals surface area contributed by atoms with E-state index in [9.17, 15) is 14.4 Å². The summed E-state index contributed by atoms with van der Waals surface area (Å²) in [7, 11) is 0. The Labute approximate surface area is 127 Å². The van der Waals surface area contributed by atoms with Gasteiger partial charge in [0, 0.05) is 11.6 Å². The highest BCUT2D eigenvalue weighted by Crippen LogP contribution is 2.46. The fourth-order valence-corrected chi connectivity index (χ4v) is 2.59. The van der Waals surface area contributed by atoms with Gasteiger partial charge in [0.15, 0.2) is 0 Å². The van der Waals surface area contributed by atoms with Gasteiger partial charge in [0.2, 0.25) is 11.8 Å². The molecular weight excluding hydrogens is 292 g/mol. The molecule has 21 heavy (non-hydrogen) atoms. The molecule has 1 heterocycles. The molecule has 2 aliphatic rings. The molecule has 1 saturated heterocycles. The number of halogens is 1. The van der Waals surface area contributed by atoms with Crippen molar-refractivity contribution in [3.63, 3.8) is 0 Å². The van der Waals surface area contributed by atoms with Gasteiger partial charge < -0.3 is 0 Å². The average molecular weight is 307 g/mol. The second kappa shape index (κ2) is 4.84. The van der Waals surface area contributed by atoms with Crippen LogP contribution in [0.5, 0.6) is 0 Å². The number of carbonyl (C=O) groups excluding carboxylic acids is 3. The Balaban J connectivity index is 1.88. The first kappa shape index (κ1) is 14.1. The summed E-state index contributed by atoms with van der Waals surface area (Å²) in [6.45, 7) is 2.39. The van der Waals surface area contributed by atoms with Crippen LogP contribution in [0.25, 0.3) is 0 Å². The third-order valence-corrected chi connectivity index (χ3v) is 4.35. The van der Waals surface area contributed by atoms with Crippen LogP contribution in [0.4, 0.5) is 4.79 Å². The molecular formula is C15H15ClN2O3. The summed E-state index contributed by atoms with van der Waals surface area (Å²) < 4.78 is 0. The Bertz CT molecular complexity index is 622. The Kier molecular flexibility index (Phi) is 3.24. The summed E-state index contributed by atoms with van der Waals surface area (Å²) in [6, 6.07) is 5.90. The number of imide groups is 2. The van der Waals surface area contributed by atoms with E-state index in [1.165, 1.54) is 0 Å². The van der Waals surface area contributed by atoms with Crippen molar-refractivity contribution in [2.75, 3.05) is 6.54 Å². The van der Waals surface area contributed by atoms with E-state index in [1.807, 2.05) is 6.92 Å². The normalized spacial score (nSPS) is 24.0. The summed E-state index contributed by atoms with van der Waals surface area (Å²) in [4.78, 5) is 37.6. The number of nitrogens with one attached hydrogen (secondary N) is 1. The van der Waals surface area contributed by atoms with E-state index in [1.54, 1.807) is 24.3 Å². The van der Waals surface area contributed by atoms with Gasteiger partial charge in [-0.25, -0.2) is 4.79 Å². The van der Waals surface area contributed by atoms with Crippen LogP contribution in [0.3, 0.4) is 0 Å². The van der Waals surface area contributed by atoms with Crippen LogP contribution in [-0.4, -0.2) is 29.3 Å². The van der Waals surface area contributed by atoms with Crippen molar-refractivity contribution in [2.24, 2.45) is 5.41 Å². The Morgan fingerprint density at radius 3 is 2.43 bits per heavy atom. The Morgan fingerprint density at radius 2 is 1.86 bits per heavy atom. The minimum atomic E-state index is -0.984. The van der Waals surface area contributed by atoms with Gasteiger partial charge in [0.1, 0.15) is 5.92 Å². The SMILES string of the molecule is CC1(CN2C(=O)NC(=O)C(c3ccc(Cl)cc3)C2=O)CC1. The first-order valence-electron chi connectivity index (χ1n) is 6.81. The average Bonchev–Trinajstić information content (AvgIpc) is 3.15. The van der Waals surface area contributed by atoms with Gasteiger partial charge in [-0.15, -0.1) is 0 Å². The summed E-state index contributed by atoms with van der Waals surface area (Å²) in [5.41, 5.74) is 0.540. The standard InChI is InChI=1S/C15H15ClN2O3/c1-15(6-7-15)8-18-13(20)11(12(19)17-14(18)21)9-2-4-10(16)5-3-9/h2-5,11H,6-8H2,1H3,(H,17,19,21). The predicted octanol–water partition coefficient (Wildman–Crippen LogP) is 2.30. The number of amides is 4. The van der Waals surface area contributed by atoms with Crippen LogP contribution in [0.1, 0.15) is 31.2 Å². The molecule has 6 heteroatoms. The van der Waals surface area contributed by atoms with Crippen LogP contribution >= 0.6 is 11.6 Å². The second-order valence-electron chi connectivity index (χ2n) is 6.01. The molecule has 0 spiro atoms. The van der Waals surface area contributed by atoms with E-state index >= 15 is 0 Å². The van der Waals surface area contributed by atoms with Crippen molar-refractivity contribution in [1.29, 1.82) is 0 Å². The molecule has 1 atom stereocenters. The molecule has 1 saturated carbocycles. The molecule has 5 nitrogen and oxygen atoms in total. The van der Waals surface area contributed by atoms with E-state index in [0.29, 0.717) is 17.1 Å². The zero-order valence-corrected chi connectivity index (χ0v) is 12.3. The first-order valence-corrected chi connectivity index (χ1v) is 7.19. The maximum absolute atomic E-state index is 12.5. The minimum absolute atomic E-state index is 0.00205. The van der Waals surface area contributed by atoms with Crippen molar-refractivity contribution in [3.05, 3.63) is 34.9 Å². The van der Waals surface area contributed by atoms with E-state index in [4.69, 9.17) is 11.6 Å². The van der Waals surface area contributed by atoms with Gasteiger partial charge in [-0.2, -0.15) is 0 Å². The van der Waals surface area contributed by atoms with Crippen LogP contribution in [0.2, 0.25) is 5.02 Å². The first-order chi connectivity index (χ1) is 9.89. The van der Waals surface area contributed by atoms with E-state index in [2.05, 4.69) is 5.32 Å². The van der Waals surface area contributed by atoms with Crippen molar-refractivity contribution in [2.45, 2.75) is 25.7 Å². The van der Waals surface area contributed by atoms with Gasteiger partial charge in [-0.3, -0.25) is 19.8 Å². The number of barbiturate groups is 1. The molecule has 4 amide bonds. The number of hydrogen-bond donors (Lipinski definition) is 1. The lowest BCUT2D eigenvalue weighted by Crippen LogP contribution is -2.57. The molecule has 1 N–H and O–H groups in total. The zero-order valence-electron chi connectivity index (χ0n) is 11.6. The van der Waals surface area contributed by atoms with Crippen LogP contribution in [0, 0.1) is 5.41 Å². The smallest absolute Gasteiger partial charge is 0.277 e. The van der Waals surface area contributed by atoms with E-state index in [-0.39, 0.29) is 5.41 Å². The summed E-state index contributed by atoms with van der Waals surface area (Å²) in [6.07, 6.45) is 1.98. The number of carbonyl (C=O) groups is 3. The lowest BCUT2D eigenvalue weighted by Gasteiger charge is -2.32. The number of benzene rings is 1. The molecule has 1 aliphatic heterocycles. The quantitative estimate of drug-likeness (QED) is 0.871. The molecule has 0 bridgehead atoms. The molecule has 110 valence electrons. The van der Waals surface area contributed by atoms with E-state index < -0.39 is 23.8 Å². The van der Waals surface area contributed by atoms with Gasteiger partial charge in [-0.1, -0.05) is 30.7 Å². The summed E-state index contributed by atoms with van der Waals surface area (Å²) >= 11 is 5.82. The highest BCUT2D eigenvalue weighted by molar-refractivity contribution is 6.30. The molecule has 0 aromatic heterocycles. The second-order valence-corrected chi connectivity index (χ2v) is 6.45. The van der Waals surface area contributed by atoms with Crippen molar-refractivity contribution >= 4 is 29.4 Å². The molecule has 1 aliphatic carbocycles. The number of nitrogens with zero attached hydrogens (tertiary/aromatic N) is 1. The molecule has 1 unspecified atom stereocenters. The largest absolute Gasteiger partial charge is 0.330 e. The van der Waals surface area contributed by atoms with Crippen molar-refractivity contribution in [3.8, 4) is 0 Å². The highest BCUT2D eigenvalue weighted by Gasteiger charge is 2.47. The number of urea groups is 1. The predicted molar refractivity (Wildman–Crippen MR) is 76.8 cm³/mol. The fourth-order valence-electron chi connectivity index (χ4n) is 2.47. The number of rotatable bonds is 3. The summed E-state index contributed by atoms with van der Waals surface area (Å²) in [5.74, 6) is -2.02. The maximum Gasteiger partial charge on any atom is 0.330 e. The maximum atomic E-state index is 12.5. The topological polar surface area (TPSA) is 66.5 Å². The van der Waals surface area contributed by atoms with Gasteiger partial charge in [-0.05, 0) is 36.0 Å². The van der Waals surface area contributed by atoms with Gasteiger partial charge in [0.25, 0.3) is 0 Å². The summed E-state index contributed by atoms with van der Waals surface area (Å²) in [5, 5.41) is 2.80. The lowest BCUT2D eigenvalue weighted by molar-refractivity contribution is -0.139. The van der Waals surface area contributed by atoms with Crippen molar-refractivity contribution in [1.82, 2.24) is 10.2 Å². The molecule has 2 fully saturated rings. The van der Waals surface area contributed by atoms with Crippen LogP contribution in [0.15, 0.2) is 24.3 Å². The molecule has 0 radical (unpaired) electrons.